The number of benzene rings is 1. The van der Waals surface area contributed by atoms with E-state index in [-0.39, 0.29) is 33.8 Å². The largest absolute Gasteiger partial charge is 0.516 e. The van der Waals surface area contributed by atoms with Crippen LogP contribution in [-0.2, 0) is 23.0 Å². The van der Waals surface area contributed by atoms with E-state index in [0.29, 0.717) is 35.4 Å². The molecule has 2 aromatic heterocycles. The van der Waals surface area contributed by atoms with Gasteiger partial charge in [-0.2, -0.15) is 26.7 Å². The number of sulfonamides is 1. The number of anilines is 2. The first kappa shape index (κ1) is 26.5. The number of rotatable bonds is 6. The lowest BCUT2D eigenvalue weighted by atomic mass is 10.1. The predicted molar refractivity (Wildman–Crippen MR) is 129 cm³/mol. The summed E-state index contributed by atoms with van der Waals surface area (Å²) in [4.78, 5) is 17.4. The fourth-order valence-corrected chi connectivity index (χ4v) is 4.58. The van der Waals surface area contributed by atoms with Gasteiger partial charge in [0.2, 0.25) is 0 Å². The van der Waals surface area contributed by atoms with Crippen molar-refractivity contribution in [2.45, 2.75) is 25.4 Å². The molecule has 0 fully saturated rings. The molecule has 1 aromatic carbocycles. The summed E-state index contributed by atoms with van der Waals surface area (Å²) in [6, 6.07) is 5.51. The summed E-state index contributed by atoms with van der Waals surface area (Å²) in [6.07, 6.45) is 2.44. The molecule has 0 aliphatic carbocycles. The summed E-state index contributed by atoms with van der Waals surface area (Å²) in [5.74, 6) is -1.23. The first-order chi connectivity index (χ1) is 17.3. The monoisotopic (exact) mass is 561 g/mol. The highest BCUT2D eigenvalue weighted by Gasteiger charge is 2.50. The number of aromatic nitrogens is 2. The van der Waals surface area contributed by atoms with Gasteiger partial charge >= 0.3 is 15.5 Å². The van der Waals surface area contributed by atoms with Gasteiger partial charge in [0, 0.05) is 18.8 Å². The molecule has 1 amide bonds. The molecule has 1 aliphatic rings. The minimum Gasteiger partial charge on any atom is -0.397 e. The molecule has 16 heteroatoms. The number of pyridine rings is 1. The maximum atomic E-state index is 14.8. The Kier molecular flexibility index (Phi) is 6.94. The van der Waals surface area contributed by atoms with E-state index in [2.05, 4.69) is 15.4 Å². The molecule has 198 valence electrons. The highest BCUT2D eigenvalue weighted by atomic mass is 35.5. The Morgan fingerprint density at radius 1 is 1.24 bits per heavy atom. The molecule has 10 nitrogen and oxygen atoms in total. The molecular formula is C21H20ClF4N7O3S. The fourth-order valence-electron chi connectivity index (χ4n) is 3.68. The highest BCUT2D eigenvalue weighted by molar-refractivity contribution is 7.90. The molecule has 0 saturated heterocycles. The van der Waals surface area contributed by atoms with E-state index in [1.807, 2.05) is 6.92 Å². The number of halogens is 5. The van der Waals surface area contributed by atoms with Crippen molar-refractivity contribution in [1.82, 2.24) is 19.0 Å². The van der Waals surface area contributed by atoms with Gasteiger partial charge in [-0.3, -0.25) is 14.2 Å². The molecule has 0 radical (unpaired) electrons. The Balaban J connectivity index is 1.48. The van der Waals surface area contributed by atoms with Crippen LogP contribution >= 0.6 is 11.6 Å². The normalized spacial score (nSPS) is 14.4. The second-order valence-corrected chi connectivity index (χ2v) is 10.2. The second kappa shape index (κ2) is 9.70. The average Bonchev–Trinajstić information content (AvgIpc) is 3.19. The van der Waals surface area contributed by atoms with Gasteiger partial charge in [-0.15, -0.1) is 0 Å². The maximum absolute atomic E-state index is 14.8. The number of alkyl halides is 3. The fraction of sp³-hybridized carbons (Fsp3) is 0.286. The zero-order valence-electron chi connectivity index (χ0n) is 19.1. The Labute approximate surface area is 213 Å². The quantitative estimate of drug-likeness (QED) is 0.446. The second-order valence-electron chi connectivity index (χ2n) is 7.95. The van der Waals surface area contributed by atoms with E-state index in [1.165, 1.54) is 22.7 Å². The van der Waals surface area contributed by atoms with Crippen LogP contribution < -0.4 is 16.1 Å². The van der Waals surface area contributed by atoms with Crippen LogP contribution in [0.2, 0.25) is 5.02 Å². The SMILES string of the molecule is CCc1nc2cc(N)c(Cl)cn2c1C(=O)NCc1ccc(N2CCN(S(=O)(=O)C(F)(F)F)C=N2)c(F)c1. The van der Waals surface area contributed by atoms with E-state index in [4.69, 9.17) is 17.3 Å². The van der Waals surface area contributed by atoms with E-state index in [1.54, 1.807) is 6.07 Å². The Bertz CT molecular complexity index is 1510. The number of hydrogen-bond acceptors (Lipinski definition) is 7. The maximum Gasteiger partial charge on any atom is 0.516 e. The van der Waals surface area contributed by atoms with Crippen molar-refractivity contribution < 1.29 is 30.8 Å². The number of nitrogens with zero attached hydrogens (tertiary/aromatic N) is 5. The number of nitrogens with two attached hydrogens (primary N) is 1. The minimum atomic E-state index is -5.58. The summed E-state index contributed by atoms with van der Waals surface area (Å²) < 4.78 is 77.4. The zero-order chi connectivity index (χ0) is 27.1. The van der Waals surface area contributed by atoms with E-state index in [0.717, 1.165) is 11.1 Å². The third-order valence-corrected chi connectivity index (χ3v) is 7.35. The van der Waals surface area contributed by atoms with Crippen LogP contribution in [0.3, 0.4) is 0 Å². The number of nitrogens with one attached hydrogen (secondary N) is 1. The number of carbonyl (C=O) groups is 1. The summed E-state index contributed by atoms with van der Waals surface area (Å²) in [5, 5.41) is 7.63. The number of nitrogen functional groups attached to an aromatic ring is 1. The number of hydrazone groups is 1. The van der Waals surface area contributed by atoms with Gasteiger partial charge in [-0.25, -0.2) is 13.7 Å². The van der Waals surface area contributed by atoms with Crippen molar-refractivity contribution in [3.63, 3.8) is 0 Å². The van der Waals surface area contributed by atoms with Crippen molar-refractivity contribution in [3.8, 4) is 0 Å². The first-order valence-corrected chi connectivity index (χ1v) is 12.6. The molecule has 3 N–H and O–H groups in total. The van der Waals surface area contributed by atoms with Crippen LogP contribution in [0.1, 0.15) is 28.7 Å². The van der Waals surface area contributed by atoms with Gasteiger partial charge in [0.15, 0.2) is 0 Å². The number of hydrogen-bond donors (Lipinski definition) is 2. The summed E-state index contributed by atoms with van der Waals surface area (Å²) in [6.45, 7) is 0.908. The van der Waals surface area contributed by atoms with Crippen LogP contribution in [-0.4, -0.2) is 53.0 Å². The number of amides is 1. The molecule has 0 unspecified atom stereocenters. The minimum absolute atomic E-state index is 0.0456. The predicted octanol–water partition coefficient (Wildman–Crippen LogP) is 3.12. The van der Waals surface area contributed by atoms with Crippen LogP contribution in [0.25, 0.3) is 5.65 Å². The summed E-state index contributed by atoms with van der Waals surface area (Å²) >= 11 is 6.09. The molecule has 0 bridgehead atoms. The molecule has 3 heterocycles. The number of carbonyl (C=O) groups excluding carboxylic acids is 1. The molecular weight excluding hydrogens is 542 g/mol. The molecule has 0 saturated carbocycles. The van der Waals surface area contributed by atoms with E-state index in [9.17, 15) is 30.8 Å². The molecule has 37 heavy (non-hydrogen) atoms. The average molecular weight is 562 g/mol. The third-order valence-electron chi connectivity index (χ3n) is 5.56. The van der Waals surface area contributed by atoms with Gasteiger partial charge < -0.3 is 11.1 Å². The van der Waals surface area contributed by atoms with Gasteiger partial charge in [-0.05, 0) is 24.1 Å². The number of aryl methyl sites for hydroxylation is 1. The Hall–Kier alpha value is -3.59. The van der Waals surface area contributed by atoms with E-state index >= 15 is 0 Å². The van der Waals surface area contributed by atoms with Gasteiger partial charge in [0.1, 0.15) is 23.5 Å². The van der Waals surface area contributed by atoms with Gasteiger partial charge in [0.25, 0.3) is 5.91 Å². The molecule has 4 rings (SSSR count). The van der Waals surface area contributed by atoms with Crippen LogP contribution in [0, 0.1) is 5.82 Å². The van der Waals surface area contributed by atoms with Gasteiger partial charge in [0.05, 0.1) is 35.2 Å². The Morgan fingerprint density at radius 2 is 1.97 bits per heavy atom. The van der Waals surface area contributed by atoms with Gasteiger partial charge in [-0.1, -0.05) is 24.6 Å². The van der Waals surface area contributed by atoms with Crippen molar-refractivity contribution in [2.75, 3.05) is 23.8 Å². The van der Waals surface area contributed by atoms with Crippen LogP contribution in [0.5, 0.6) is 0 Å². The lowest BCUT2D eigenvalue weighted by Gasteiger charge is -2.29. The van der Waals surface area contributed by atoms with Crippen LogP contribution in [0.4, 0.5) is 28.9 Å². The summed E-state index contributed by atoms with van der Waals surface area (Å²) in [7, 11) is -5.58. The third kappa shape index (κ3) is 5.00. The Morgan fingerprint density at radius 3 is 2.57 bits per heavy atom. The standard InChI is InChI=1S/C21H20ClF4N7O3S/c1-2-16-19(32-10-13(22)15(27)8-18(32)30-16)20(34)28-9-12-3-4-17(14(23)7-12)33-6-5-31(11-29-33)37(35,36)21(24,25)26/h3-4,7-8,10-11H,2,5-6,9,27H2,1H3,(H,28,34). The van der Waals surface area contributed by atoms with Crippen molar-refractivity contribution in [3.05, 3.63) is 58.3 Å². The highest BCUT2D eigenvalue weighted by Crippen LogP contribution is 2.28. The zero-order valence-corrected chi connectivity index (χ0v) is 20.7. The molecule has 3 aromatic rings. The van der Waals surface area contributed by atoms with Crippen molar-refractivity contribution in [1.29, 1.82) is 0 Å². The molecule has 0 spiro atoms. The smallest absolute Gasteiger partial charge is 0.397 e. The number of imidazole rings is 1. The first-order valence-electron chi connectivity index (χ1n) is 10.8. The summed E-state index contributed by atoms with van der Waals surface area (Å²) in [5.41, 5.74) is 2.21. The van der Waals surface area contributed by atoms with Crippen LogP contribution in [0.15, 0.2) is 35.6 Å². The molecule has 1 aliphatic heterocycles. The molecule has 0 atom stereocenters. The van der Waals surface area contributed by atoms with Crippen molar-refractivity contribution in [2.24, 2.45) is 5.10 Å². The topological polar surface area (TPSA) is 125 Å². The van der Waals surface area contributed by atoms with Crippen molar-refractivity contribution >= 4 is 50.9 Å². The lowest BCUT2D eigenvalue weighted by molar-refractivity contribution is -0.0471. The lowest BCUT2D eigenvalue weighted by Crippen LogP contribution is -2.46. The van der Waals surface area contributed by atoms with E-state index < -0.39 is 33.8 Å². The number of fused-ring (bicyclic) bond motifs is 1.